The summed E-state index contributed by atoms with van der Waals surface area (Å²) in [6.45, 7) is 2.14. The molecule has 0 aliphatic rings. The maximum absolute atomic E-state index is 11.9. The van der Waals surface area contributed by atoms with E-state index in [0.29, 0.717) is 23.0 Å². The molecule has 1 heterocycles. The number of hydrogen-bond donors (Lipinski definition) is 1. The van der Waals surface area contributed by atoms with Crippen LogP contribution < -0.4 is 5.32 Å². The van der Waals surface area contributed by atoms with E-state index < -0.39 is 0 Å². The van der Waals surface area contributed by atoms with Crippen molar-refractivity contribution in [3.05, 3.63) is 39.9 Å². The van der Waals surface area contributed by atoms with E-state index >= 15 is 0 Å². The van der Waals surface area contributed by atoms with E-state index in [1.54, 1.807) is 0 Å². The summed E-state index contributed by atoms with van der Waals surface area (Å²) >= 11 is 7.51. The molecule has 0 saturated heterocycles. The standard InChI is InChI=1S/C15H18ClN3OS/c1-2-3-8-14-18-19-15(21-14)17-13(20)10-9-11-6-4-5-7-12(11)16/h4-7H,2-3,8-10H2,1H3,(H,17,19,20). The van der Waals surface area contributed by atoms with Crippen LogP contribution >= 0.6 is 22.9 Å². The Morgan fingerprint density at radius 1 is 1.29 bits per heavy atom. The van der Waals surface area contributed by atoms with Gasteiger partial charge < -0.3 is 5.32 Å². The summed E-state index contributed by atoms with van der Waals surface area (Å²) in [6.07, 6.45) is 4.14. The van der Waals surface area contributed by atoms with Crippen LogP contribution in [0.25, 0.3) is 0 Å². The van der Waals surface area contributed by atoms with Gasteiger partial charge in [0.05, 0.1) is 0 Å². The lowest BCUT2D eigenvalue weighted by molar-refractivity contribution is -0.116. The minimum absolute atomic E-state index is 0.0619. The van der Waals surface area contributed by atoms with Gasteiger partial charge in [-0.15, -0.1) is 10.2 Å². The van der Waals surface area contributed by atoms with Crippen LogP contribution in [-0.2, 0) is 17.6 Å². The van der Waals surface area contributed by atoms with Crippen LogP contribution in [0.5, 0.6) is 0 Å². The van der Waals surface area contributed by atoms with E-state index in [2.05, 4.69) is 22.4 Å². The van der Waals surface area contributed by atoms with Gasteiger partial charge in [0.1, 0.15) is 5.01 Å². The van der Waals surface area contributed by atoms with Crippen LogP contribution in [0.2, 0.25) is 5.02 Å². The molecule has 2 rings (SSSR count). The van der Waals surface area contributed by atoms with E-state index in [1.807, 2.05) is 24.3 Å². The predicted octanol–water partition coefficient (Wildman–Crippen LogP) is 4.11. The normalized spacial score (nSPS) is 10.6. The number of carbonyl (C=O) groups excluding carboxylic acids is 1. The van der Waals surface area contributed by atoms with Crippen molar-refractivity contribution in [2.24, 2.45) is 0 Å². The second-order valence-corrected chi connectivity index (χ2v) is 6.21. The first-order valence-corrected chi connectivity index (χ1v) is 8.24. The third-order valence-electron chi connectivity index (χ3n) is 3.04. The Morgan fingerprint density at radius 3 is 2.86 bits per heavy atom. The summed E-state index contributed by atoms with van der Waals surface area (Å²) in [6, 6.07) is 7.57. The van der Waals surface area contributed by atoms with E-state index in [4.69, 9.17) is 11.6 Å². The number of aryl methyl sites for hydroxylation is 2. The number of halogens is 1. The van der Waals surface area contributed by atoms with Crippen LogP contribution in [0.4, 0.5) is 5.13 Å². The zero-order chi connectivity index (χ0) is 15.1. The van der Waals surface area contributed by atoms with Gasteiger partial charge in [-0.25, -0.2) is 0 Å². The number of unbranched alkanes of at least 4 members (excludes halogenated alkanes) is 1. The molecule has 4 nitrogen and oxygen atoms in total. The van der Waals surface area contributed by atoms with Gasteiger partial charge in [-0.1, -0.05) is 54.5 Å². The fraction of sp³-hybridized carbons (Fsp3) is 0.400. The van der Waals surface area contributed by atoms with Crippen LogP contribution in [-0.4, -0.2) is 16.1 Å². The average Bonchev–Trinajstić information content (AvgIpc) is 2.91. The van der Waals surface area contributed by atoms with Gasteiger partial charge in [-0.3, -0.25) is 4.79 Å². The van der Waals surface area contributed by atoms with Crippen molar-refractivity contribution in [3.8, 4) is 0 Å². The zero-order valence-corrected chi connectivity index (χ0v) is 13.5. The van der Waals surface area contributed by atoms with Gasteiger partial charge in [0.15, 0.2) is 0 Å². The molecule has 0 atom stereocenters. The van der Waals surface area contributed by atoms with Crippen molar-refractivity contribution >= 4 is 34.0 Å². The molecule has 1 N–H and O–H groups in total. The highest BCUT2D eigenvalue weighted by Crippen LogP contribution is 2.19. The third-order valence-corrected chi connectivity index (χ3v) is 4.30. The summed E-state index contributed by atoms with van der Waals surface area (Å²) in [5, 5.41) is 13.1. The number of carbonyl (C=O) groups is 1. The molecule has 1 amide bonds. The first-order chi connectivity index (χ1) is 10.2. The summed E-state index contributed by atoms with van der Waals surface area (Å²) in [5.41, 5.74) is 0.982. The van der Waals surface area contributed by atoms with Gasteiger partial charge >= 0.3 is 0 Å². The van der Waals surface area contributed by atoms with Gasteiger partial charge in [0.2, 0.25) is 11.0 Å². The molecular weight excluding hydrogens is 306 g/mol. The Labute approximate surface area is 133 Å². The number of hydrogen-bond acceptors (Lipinski definition) is 4. The first kappa shape index (κ1) is 15.9. The lowest BCUT2D eigenvalue weighted by Crippen LogP contribution is -2.12. The molecule has 21 heavy (non-hydrogen) atoms. The van der Waals surface area contributed by atoms with E-state index in [-0.39, 0.29) is 5.91 Å². The van der Waals surface area contributed by atoms with Crippen molar-refractivity contribution < 1.29 is 4.79 Å². The summed E-state index contributed by atoms with van der Waals surface area (Å²) in [4.78, 5) is 11.9. The minimum atomic E-state index is -0.0619. The summed E-state index contributed by atoms with van der Waals surface area (Å²) in [7, 11) is 0. The zero-order valence-electron chi connectivity index (χ0n) is 11.9. The topological polar surface area (TPSA) is 54.9 Å². The number of nitrogens with zero attached hydrogens (tertiary/aromatic N) is 2. The molecule has 0 spiro atoms. The quantitative estimate of drug-likeness (QED) is 0.834. The highest BCUT2D eigenvalue weighted by Gasteiger charge is 2.09. The maximum atomic E-state index is 11.9. The lowest BCUT2D eigenvalue weighted by Gasteiger charge is -2.03. The Kier molecular flexibility index (Phi) is 6.14. The number of rotatable bonds is 7. The van der Waals surface area contributed by atoms with Crippen molar-refractivity contribution in [1.29, 1.82) is 0 Å². The second-order valence-electron chi connectivity index (χ2n) is 4.74. The number of benzene rings is 1. The molecule has 2 aromatic rings. The highest BCUT2D eigenvalue weighted by molar-refractivity contribution is 7.15. The Hall–Kier alpha value is -1.46. The van der Waals surface area contributed by atoms with Crippen LogP contribution in [0.3, 0.4) is 0 Å². The molecule has 0 aliphatic carbocycles. The molecule has 0 unspecified atom stereocenters. The van der Waals surface area contributed by atoms with Gasteiger partial charge in [-0.2, -0.15) is 0 Å². The Morgan fingerprint density at radius 2 is 2.10 bits per heavy atom. The van der Waals surface area contributed by atoms with Gasteiger partial charge in [-0.05, 0) is 24.5 Å². The smallest absolute Gasteiger partial charge is 0.226 e. The third kappa shape index (κ3) is 5.10. The van der Waals surface area contributed by atoms with Crippen molar-refractivity contribution in [3.63, 3.8) is 0 Å². The fourth-order valence-corrected chi connectivity index (χ4v) is 2.89. The number of aromatic nitrogens is 2. The Balaban J connectivity index is 1.82. The number of amides is 1. The number of nitrogens with one attached hydrogen (secondary N) is 1. The maximum Gasteiger partial charge on any atom is 0.226 e. The summed E-state index contributed by atoms with van der Waals surface area (Å²) < 4.78 is 0. The van der Waals surface area contributed by atoms with Crippen LogP contribution in [0.15, 0.2) is 24.3 Å². The van der Waals surface area contributed by atoms with Crippen molar-refractivity contribution in [1.82, 2.24) is 10.2 Å². The minimum Gasteiger partial charge on any atom is -0.301 e. The molecule has 1 aromatic carbocycles. The van der Waals surface area contributed by atoms with Gasteiger partial charge in [0, 0.05) is 17.9 Å². The molecule has 1 aromatic heterocycles. The molecule has 0 aliphatic heterocycles. The molecule has 0 saturated carbocycles. The Bertz CT molecular complexity index is 600. The van der Waals surface area contributed by atoms with Crippen molar-refractivity contribution in [2.45, 2.75) is 39.0 Å². The monoisotopic (exact) mass is 323 g/mol. The SMILES string of the molecule is CCCCc1nnc(NC(=O)CCc2ccccc2Cl)s1. The molecule has 6 heteroatoms. The fourth-order valence-electron chi connectivity index (χ4n) is 1.86. The van der Waals surface area contributed by atoms with E-state index in [9.17, 15) is 4.79 Å². The lowest BCUT2D eigenvalue weighted by atomic mass is 10.1. The molecule has 112 valence electrons. The predicted molar refractivity (Wildman–Crippen MR) is 86.9 cm³/mol. The molecule has 0 bridgehead atoms. The van der Waals surface area contributed by atoms with E-state index in [1.165, 1.54) is 11.3 Å². The van der Waals surface area contributed by atoms with E-state index in [0.717, 1.165) is 29.8 Å². The van der Waals surface area contributed by atoms with Crippen molar-refractivity contribution in [2.75, 3.05) is 5.32 Å². The van der Waals surface area contributed by atoms with Gasteiger partial charge in [0.25, 0.3) is 0 Å². The average molecular weight is 324 g/mol. The summed E-state index contributed by atoms with van der Waals surface area (Å²) in [5.74, 6) is -0.0619. The largest absolute Gasteiger partial charge is 0.301 e. The second kappa shape index (κ2) is 8.10. The van der Waals surface area contributed by atoms with Crippen LogP contribution in [0.1, 0.15) is 36.8 Å². The molecule has 0 fully saturated rings. The highest BCUT2D eigenvalue weighted by atomic mass is 35.5. The number of anilines is 1. The molecule has 0 radical (unpaired) electrons. The van der Waals surface area contributed by atoms with Crippen LogP contribution in [0, 0.1) is 0 Å². The molecular formula is C15H18ClN3OS. The first-order valence-electron chi connectivity index (χ1n) is 7.04.